The standard InChI is InChI=1S/C23H40N2O.C2HF3O2/c26-22-12-14-23(25(22)19-21-10-5-2-6-11-21)13-7-16-24(17-15-23)18-20-8-3-1-4-9-20;3-2(4,5)1(6)7/h20-21H,1-19H2;(H,6,7). The summed E-state index contributed by atoms with van der Waals surface area (Å²) >= 11 is 0. The molecule has 2 aliphatic heterocycles. The predicted molar refractivity (Wildman–Crippen MR) is 121 cm³/mol. The molecular formula is C25H41F3N2O3. The molecule has 2 saturated carbocycles. The largest absolute Gasteiger partial charge is 0.490 e. The number of hydrogen-bond acceptors (Lipinski definition) is 3. The van der Waals surface area contributed by atoms with Gasteiger partial charge in [-0.15, -0.1) is 0 Å². The minimum Gasteiger partial charge on any atom is -0.475 e. The van der Waals surface area contributed by atoms with Gasteiger partial charge in [0, 0.05) is 31.6 Å². The Morgan fingerprint density at radius 2 is 1.39 bits per heavy atom. The first-order valence-corrected chi connectivity index (χ1v) is 13.0. The fourth-order valence-electron chi connectivity index (χ4n) is 6.47. The summed E-state index contributed by atoms with van der Waals surface area (Å²) in [6.45, 7) is 4.89. The van der Waals surface area contributed by atoms with Crippen molar-refractivity contribution in [2.75, 3.05) is 26.2 Å². The number of aliphatic carboxylic acids is 1. The maximum absolute atomic E-state index is 12.7. The first-order valence-electron chi connectivity index (χ1n) is 13.0. The number of carbonyl (C=O) groups excluding carboxylic acids is 1. The van der Waals surface area contributed by atoms with Crippen LogP contribution < -0.4 is 0 Å². The summed E-state index contributed by atoms with van der Waals surface area (Å²) in [5.74, 6) is -0.561. The summed E-state index contributed by atoms with van der Waals surface area (Å²) in [5, 5.41) is 7.12. The number of halogens is 3. The van der Waals surface area contributed by atoms with Gasteiger partial charge in [0.25, 0.3) is 0 Å². The number of rotatable bonds is 4. The van der Waals surface area contributed by atoms with E-state index in [1.165, 1.54) is 103 Å². The second-order valence-electron chi connectivity index (χ2n) is 10.7. The van der Waals surface area contributed by atoms with Crippen LogP contribution in [-0.2, 0) is 9.59 Å². The summed E-state index contributed by atoms with van der Waals surface area (Å²) < 4.78 is 31.7. The Hall–Kier alpha value is -1.31. The van der Waals surface area contributed by atoms with E-state index in [0.29, 0.717) is 5.91 Å². The summed E-state index contributed by atoms with van der Waals surface area (Å²) in [4.78, 5) is 26.8. The van der Waals surface area contributed by atoms with Gasteiger partial charge in [0.2, 0.25) is 5.91 Å². The minimum atomic E-state index is -5.08. The van der Waals surface area contributed by atoms with E-state index in [4.69, 9.17) is 9.90 Å². The molecule has 4 rings (SSSR count). The zero-order valence-electron chi connectivity index (χ0n) is 19.9. The number of likely N-dealkylation sites (tertiary alicyclic amines) is 2. The average molecular weight is 475 g/mol. The number of alkyl halides is 3. The lowest BCUT2D eigenvalue weighted by Crippen LogP contribution is -2.48. The molecule has 4 aliphatic rings. The van der Waals surface area contributed by atoms with Crippen molar-refractivity contribution < 1.29 is 27.9 Å². The van der Waals surface area contributed by atoms with Crippen LogP contribution in [0.5, 0.6) is 0 Å². The summed E-state index contributed by atoms with van der Waals surface area (Å²) in [6.07, 6.45) is 14.8. The van der Waals surface area contributed by atoms with Gasteiger partial charge < -0.3 is 14.9 Å². The van der Waals surface area contributed by atoms with Crippen LogP contribution in [0, 0.1) is 11.8 Å². The molecular weight excluding hydrogens is 433 g/mol. The number of hydrogen-bond donors (Lipinski definition) is 1. The fraction of sp³-hybridized carbons (Fsp3) is 0.920. The number of nitrogens with zero attached hydrogens (tertiary/aromatic N) is 2. The van der Waals surface area contributed by atoms with Crippen LogP contribution in [0.3, 0.4) is 0 Å². The quantitative estimate of drug-likeness (QED) is 0.574. The average Bonchev–Trinajstić information content (AvgIpc) is 2.95. The van der Waals surface area contributed by atoms with E-state index in [1.54, 1.807) is 0 Å². The van der Waals surface area contributed by atoms with Gasteiger partial charge in [-0.3, -0.25) is 4.79 Å². The van der Waals surface area contributed by atoms with E-state index in [0.717, 1.165) is 31.2 Å². The molecule has 0 radical (unpaired) electrons. The van der Waals surface area contributed by atoms with Gasteiger partial charge in [-0.25, -0.2) is 4.79 Å². The second kappa shape index (κ2) is 11.9. The van der Waals surface area contributed by atoms with Crippen molar-refractivity contribution in [3.05, 3.63) is 0 Å². The van der Waals surface area contributed by atoms with E-state index in [9.17, 15) is 18.0 Å². The van der Waals surface area contributed by atoms with Crippen LogP contribution in [-0.4, -0.2) is 64.7 Å². The van der Waals surface area contributed by atoms with Crippen LogP contribution in [0.4, 0.5) is 13.2 Å². The molecule has 1 N–H and O–H groups in total. The van der Waals surface area contributed by atoms with Crippen LogP contribution in [0.2, 0.25) is 0 Å². The van der Waals surface area contributed by atoms with Gasteiger partial charge in [-0.05, 0) is 69.7 Å². The van der Waals surface area contributed by atoms with Crippen molar-refractivity contribution in [1.82, 2.24) is 9.80 Å². The smallest absolute Gasteiger partial charge is 0.475 e. The summed E-state index contributed by atoms with van der Waals surface area (Å²) in [7, 11) is 0. The Kier molecular flexibility index (Phi) is 9.48. The van der Waals surface area contributed by atoms with Crippen molar-refractivity contribution in [3.8, 4) is 0 Å². The van der Waals surface area contributed by atoms with Gasteiger partial charge >= 0.3 is 12.1 Å². The lowest BCUT2D eigenvalue weighted by Gasteiger charge is -2.41. The minimum absolute atomic E-state index is 0.218. The predicted octanol–water partition coefficient (Wildman–Crippen LogP) is 5.63. The van der Waals surface area contributed by atoms with Crippen molar-refractivity contribution in [1.29, 1.82) is 0 Å². The molecule has 1 amide bonds. The highest BCUT2D eigenvalue weighted by Crippen LogP contribution is 2.41. The second-order valence-corrected chi connectivity index (χ2v) is 10.7. The van der Waals surface area contributed by atoms with E-state index >= 15 is 0 Å². The van der Waals surface area contributed by atoms with E-state index in [-0.39, 0.29) is 5.54 Å². The van der Waals surface area contributed by atoms with Crippen molar-refractivity contribution >= 4 is 11.9 Å². The number of carboxylic acids is 1. The van der Waals surface area contributed by atoms with Gasteiger partial charge in [-0.1, -0.05) is 38.5 Å². The van der Waals surface area contributed by atoms with Gasteiger partial charge in [0.15, 0.2) is 0 Å². The Bertz CT molecular complexity index is 645. The third-order valence-electron chi connectivity index (χ3n) is 8.34. The number of carboxylic acid groups (broad SMARTS) is 1. The van der Waals surface area contributed by atoms with Crippen LogP contribution >= 0.6 is 0 Å². The topological polar surface area (TPSA) is 60.9 Å². The van der Waals surface area contributed by atoms with Crippen molar-refractivity contribution in [2.45, 2.75) is 108 Å². The molecule has 190 valence electrons. The SMILES string of the molecule is O=C(O)C(F)(F)F.O=C1CCC2(CCCN(CC3CCCCC3)CC2)N1CC1CCCCC1. The number of amides is 1. The molecule has 0 aromatic carbocycles. The maximum Gasteiger partial charge on any atom is 0.490 e. The molecule has 1 unspecified atom stereocenters. The van der Waals surface area contributed by atoms with Crippen LogP contribution in [0.15, 0.2) is 0 Å². The highest BCUT2D eigenvalue weighted by Gasteiger charge is 2.46. The molecule has 2 saturated heterocycles. The van der Waals surface area contributed by atoms with Crippen molar-refractivity contribution in [3.63, 3.8) is 0 Å². The highest BCUT2D eigenvalue weighted by molar-refractivity contribution is 5.79. The van der Waals surface area contributed by atoms with E-state index in [2.05, 4.69) is 9.80 Å². The molecule has 5 nitrogen and oxygen atoms in total. The normalized spacial score (nSPS) is 28.5. The maximum atomic E-state index is 12.7. The molecule has 4 fully saturated rings. The lowest BCUT2D eigenvalue weighted by atomic mass is 9.84. The zero-order valence-corrected chi connectivity index (χ0v) is 19.9. The molecule has 0 aromatic heterocycles. The highest BCUT2D eigenvalue weighted by atomic mass is 19.4. The third kappa shape index (κ3) is 7.59. The van der Waals surface area contributed by atoms with Crippen LogP contribution in [0.25, 0.3) is 0 Å². The van der Waals surface area contributed by atoms with E-state index in [1.807, 2.05) is 0 Å². The molecule has 0 bridgehead atoms. The molecule has 2 heterocycles. The lowest BCUT2D eigenvalue weighted by molar-refractivity contribution is -0.192. The van der Waals surface area contributed by atoms with Gasteiger partial charge in [-0.2, -0.15) is 13.2 Å². The Morgan fingerprint density at radius 1 is 0.848 bits per heavy atom. The number of carbonyl (C=O) groups is 2. The molecule has 33 heavy (non-hydrogen) atoms. The fourth-order valence-corrected chi connectivity index (χ4v) is 6.47. The van der Waals surface area contributed by atoms with Crippen LogP contribution in [0.1, 0.15) is 96.3 Å². The molecule has 0 aromatic rings. The molecule has 8 heteroatoms. The summed E-state index contributed by atoms with van der Waals surface area (Å²) in [5.41, 5.74) is 0.218. The van der Waals surface area contributed by atoms with Gasteiger partial charge in [0.05, 0.1) is 0 Å². The zero-order chi connectivity index (χ0) is 23.9. The third-order valence-corrected chi connectivity index (χ3v) is 8.34. The molecule has 1 atom stereocenters. The first-order chi connectivity index (χ1) is 15.7. The summed E-state index contributed by atoms with van der Waals surface area (Å²) in [6, 6.07) is 0. The Morgan fingerprint density at radius 3 is 1.94 bits per heavy atom. The monoisotopic (exact) mass is 474 g/mol. The Balaban J connectivity index is 0.000000383. The van der Waals surface area contributed by atoms with Crippen molar-refractivity contribution in [2.24, 2.45) is 11.8 Å². The molecule has 2 aliphatic carbocycles. The molecule has 1 spiro atoms. The van der Waals surface area contributed by atoms with E-state index < -0.39 is 12.1 Å². The van der Waals surface area contributed by atoms with Gasteiger partial charge in [0.1, 0.15) is 0 Å². The Labute approximate surface area is 196 Å². The first kappa shape index (κ1) is 26.3.